The van der Waals surface area contributed by atoms with Crippen molar-refractivity contribution >= 4 is 28.5 Å². The van der Waals surface area contributed by atoms with Gasteiger partial charge < -0.3 is 30.2 Å². The van der Waals surface area contributed by atoms with E-state index in [2.05, 4.69) is 26.6 Å². The van der Waals surface area contributed by atoms with Crippen LogP contribution >= 0.6 is 0 Å². The fourth-order valence-corrected chi connectivity index (χ4v) is 6.02. The van der Waals surface area contributed by atoms with Gasteiger partial charge in [-0.05, 0) is 73.8 Å². The number of benzene rings is 3. The number of rotatable bonds is 9. The van der Waals surface area contributed by atoms with Crippen LogP contribution in [0.2, 0.25) is 0 Å². The molecule has 5 rings (SSSR count). The Morgan fingerprint density at radius 1 is 1.02 bits per heavy atom. The molecule has 1 aliphatic rings. The van der Waals surface area contributed by atoms with E-state index >= 15 is 0 Å². The molecule has 1 fully saturated rings. The summed E-state index contributed by atoms with van der Waals surface area (Å²) >= 11 is 0. The molecule has 1 saturated heterocycles. The SMILES string of the molecule is COc1ccccc1C1CCN(C(=O)N[C@@H](C(=O)Nc2cccc(CN(C)C)c2)[C@H](C)c2c[nH]c3ccccc23)CC1. The fourth-order valence-electron chi connectivity index (χ4n) is 6.02. The monoisotopic (exact) mass is 567 g/mol. The standard InChI is InChI=1S/C34H41N5O3/c1-23(29-21-35-30-14-7-5-13-28(29)30)32(33(40)36-26-11-9-10-24(20-26)22-38(2)3)37-34(41)39-18-16-25(17-19-39)27-12-6-8-15-31(27)42-4/h5-15,20-21,23,25,32,35H,16-19,22H2,1-4H3,(H,36,40)(H,37,41)/t23-,32-/m1/s1. The largest absolute Gasteiger partial charge is 0.496 e. The highest BCUT2D eigenvalue weighted by Gasteiger charge is 2.33. The van der Waals surface area contributed by atoms with Crippen LogP contribution in [0.15, 0.2) is 79.0 Å². The van der Waals surface area contributed by atoms with Crippen molar-refractivity contribution in [2.24, 2.45) is 0 Å². The Morgan fingerprint density at radius 3 is 2.52 bits per heavy atom. The summed E-state index contributed by atoms with van der Waals surface area (Å²) in [5, 5.41) is 7.24. The van der Waals surface area contributed by atoms with E-state index in [0.717, 1.165) is 47.2 Å². The lowest BCUT2D eigenvalue weighted by atomic mass is 9.89. The average Bonchev–Trinajstić information content (AvgIpc) is 3.43. The van der Waals surface area contributed by atoms with Gasteiger partial charge in [0, 0.05) is 48.3 Å². The van der Waals surface area contributed by atoms with Crippen LogP contribution in [0, 0.1) is 0 Å². The molecule has 1 aliphatic heterocycles. The average molecular weight is 568 g/mol. The van der Waals surface area contributed by atoms with E-state index in [4.69, 9.17) is 4.74 Å². The Balaban J connectivity index is 1.33. The Hall–Kier alpha value is -4.30. The number of urea groups is 1. The molecule has 2 atom stereocenters. The molecule has 0 bridgehead atoms. The molecule has 0 saturated carbocycles. The minimum absolute atomic E-state index is 0.221. The number of para-hydroxylation sites is 2. The first-order valence-corrected chi connectivity index (χ1v) is 14.6. The number of H-pyrrole nitrogens is 1. The normalized spacial score (nSPS) is 15.4. The number of piperidine rings is 1. The molecule has 8 heteroatoms. The highest BCUT2D eigenvalue weighted by molar-refractivity contribution is 5.98. The number of nitrogens with zero attached hydrogens (tertiary/aromatic N) is 2. The van der Waals surface area contributed by atoms with E-state index in [1.165, 1.54) is 5.56 Å². The van der Waals surface area contributed by atoms with Gasteiger partial charge in [0.1, 0.15) is 11.8 Å². The summed E-state index contributed by atoms with van der Waals surface area (Å²) in [6.45, 7) is 3.98. The number of carbonyl (C=O) groups is 2. The highest BCUT2D eigenvalue weighted by atomic mass is 16.5. The van der Waals surface area contributed by atoms with Crippen LogP contribution in [0.4, 0.5) is 10.5 Å². The quantitative estimate of drug-likeness (QED) is 0.234. The fraction of sp³-hybridized carbons (Fsp3) is 0.353. The number of carbonyl (C=O) groups excluding carboxylic acids is 2. The third-order valence-electron chi connectivity index (χ3n) is 8.23. The Labute approximate surface area is 248 Å². The number of hydrogen-bond acceptors (Lipinski definition) is 4. The maximum Gasteiger partial charge on any atom is 0.318 e. The van der Waals surface area contributed by atoms with Crippen LogP contribution in [-0.4, -0.2) is 67.1 Å². The zero-order chi connectivity index (χ0) is 29.6. The number of hydrogen-bond donors (Lipinski definition) is 3. The minimum atomic E-state index is -0.777. The smallest absolute Gasteiger partial charge is 0.318 e. The molecule has 0 unspecified atom stereocenters. The molecule has 0 radical (unpaired) electrons. The lowest BCUT2D eigenvalue weighted by molar-refractivity contribution is -0.118. The van der Waals surface area contributed by atoms with Crippen LogP contribution < -0.4 is 15.4 Å². The van der Waals surface area contributed by atoms with Crippen molar-refractivity contribution < 1.29 is 14.3 Å². The second kappa shape index (κ2) is 13.1. The van der Waals surface area contributed by atoms with Gasteiger partial charge in [-0.3, -0.25) is 4.79 Å². The van der Waals surface area contributed by atoms with Gasteiger partial charge in [0.05, 0.1) is 7.11 Å². The maximum absolute atomic E-state index is 13.9. The molecule has 8 nitrogen and oxygen atoms in total. The van der Waals surface area contributed by atoms with Crippen molar-refractivity contribution in [3.05, 3.63) is 95.7 Å². The molecule has 1 aromatic heterocycles. The Kier molecular flexibility index (Phi) is 9.12. The van der Waals surface area contributed by atoms with E-state index in [1.807, 2.05) is 98.8 Å². The van der Waals surface area contributed by atoms with Crippen molar-refractivity contribution in [2.45, 2.75) is 44.2 Å². The first-order valence-electron chi connectivity index (χ1n) is 14.6. The van der Waals surface area contributed by atoms with Crippen LogP contribution in [0.1, 0.15) is 48.3 Å². The van der Waals surface area contributed by atoms with Gasteiger partial charge >= 0.3 is 6.03 Å². The van der Waals surface area contributed by atoms with Gasteiger partial charge in [-0.25, -0.2) is 4.79 Å². The first kappa shape index (κ1) is 29.2. The van der Waals surface area contributed by atoms with Crippen LogP contribution in [0.5, 0.6) is 5.75 Å². The van der Waals surface area contributed by atoms with E-state index in [9.17, 15) is 9.59 Å². The molecular weight excluding hydrogens is 526 g/mol. The summed E-state index contributed by atoms with van der Waals surface area (Å²) < 4.78 is 5.58. The van der Waals surface area contributed by atoms with Crippen molar-refractivity contribution in [1.29, 1.82) is 0 Å². The van der Waals surface area contributed by atoms with Crippen molar-refractivity contribution in [1.82, 2.24) is 20.1 Å². The summed E-state index contributed by atoms with van der Waals surface area (Å²) in [7, 11) is 5.72. The highest BCUT2D eigenvalue weighted by Crippen LogP contribution is 2.34. The number of amides is 3. The number of aromatic nitrogens is 1. The van der Waals surface area contributed by atoms with Gasteiger partial charge in [-0.1, -0.05) is 55.5 Å². The number of fused-ring (bicyclic) bond motifs is 1. The number of anilines is 1. The predicted octanol–water partition coefficient (Wildman–Crippen LogP) is 5.94. The van der Waals surface area contributed by atoms with E-state index in [-0.39, 0.29) is 17.9 Å². The van der Waals surface area contributed by atoms with Crippen LogP contribution in [-0.2, 0) is 11.3 Å². The van der Waals surface area contributed by atoms with E-state index < -0.39 is 6.04 Å². The summed E-state index contributed by atoms with van der Waals surface area (Å²) in [5.41, 5.74) is 4.98. The van der Waals surface area contributed by atoms with Gasteiger partial charge in [0.2, 0.25) is 5.91 Å². The van der Waals surface area contributed by atoms with E-state index in [0.29, 0.717) is 24.7 Å². The summed E-state index contributed by atoms with van der Waals surface area (Å²) in [6, 6.07) is 23.0. The van der Waals surface area contributed by atoms with Crippen molar-refractivity contribution in [3.8, 4) is 5.75 Å². The van der Waals surface area contributed by atoms with Gasteiger partial charge in [-0.15, -0.1) is 0 Å². The van der Waals surface area contributed by atoms with Gasteiger partial charge in [0.25, 0.3) is 0 Å². The second-order valence-electron chi connectivity index (χ2n) is 11.4. The molecule has 4 aromatic rings. The molecule has 3 aromatic carbocycles. The topological polar surface area (TPSA) is 89.7 Å². The number of aromatic amines is 1. The summed E-state index contributed by atoms with van der Waals surface area (Å²) in [4.78, 5) is 34.7. The Bertz CT molecular complexity index is 1520. The molecule has 3 N–H and O–H groups in total. The van der Waals surface area contributed by atoms with Crippen molar-refractivity contribution in [2.75, 3.05) is 39.6 Å². The number of nitrogens with one attached hydrogen (secondary N) is 3. The van der Waals surface area contributed by atoms with Crippen molar-refractivity contribution in [3.63, 3.8) is 0 Å². The van der Waals surface area contributed by atoms with Gasteiger partial charge in [0.15, 0.2) is 0 Å². The lowest BCUT2D eigenvalue weighted by Crippen LogP contribution is -2.53. The third kappa shape index (κ3) is 6.60. The molecular formula is C34H41N5O3. The maximum atomic E-state index is 13.9. The molecule has 0 aliphatic carbocycles. The molecule has 42 heavy (non-hydrogen) atoms. The minimum Gasteiger partial charge on any atom is -0.496 e. The van der Waals surface area contributed by atoms with Gasteiger partial charge in [-0.2, -0.15) is 0 Å². The summed E-state index contributed by atoms with van der Waals surface area (Å²) in [5.74, 6) is 0.691. The predicted molar refractivity (Wildman–Crippen MR) is 168 cm³/mol. The van der Waals surface area contributed by atoms with E-state index in [1.54, 1.807) is 7.11 Å². The summed E-state index contributed by atoms with van der Waals surface area (Å²) in [6.07, 6.45) is 3.61. The zero-order valence-corrected chi connectivity index (χ0v) is 24.9. The molecule has 2 heterocycles. The van der Waals surface area contributed by atoms with Crippen LogP contribution in [0.3, 0.4) is 0 Å². The second-order valence-corrected chi connectivity index (χ2v) is 11.4. The number of likely N-dealkylation sites (tertiary alicyclic amines) is 1. The molecule has 0 spiro atoms. The zero-order valence-electron chi connectivity index (χ0n) is 24.9. The first-order chi connectivity index (χ1) is 20.3. The van der Waals surface area contributed by atoms with Crippen LogP contribution in [0.25, 0.3) is 10.9 Å². The lowest BCUT2D eigenvalue weighted by Gasteiger charge is -2.34. The number of methoxy groups -OCH3 is 1. The third-order valence-corrected chi connectivity index (χ3v) is 8.23. The Morgan fingerprint density at radius 2 is 1.76 bits per heavy atom. The molecule has 220 valence electrons. The molecule has 3 amide bonds. The number of ether oxygens (including phenoxy) is 1.